The molecule has 1 N–H and O–H groups in total. The van der Waals surface area contributed by atoms with Crippen molar-refractivity contribution in [3.8, 4) is 5.75 Å². The van der Waals surface area contributed by atoms with Gasteiger partial charge in [0.15, 0.2) is 0 Å². The van der Waals surface area contributed by atoms with Crippen LogP contribution < -0.4 is 10.1 Å². The first-order valence-corrected chi connectivity index (χ1v) is 10.7. The van der Waals surface area contributed by atoms with Crippen molar-refractivity contribution in [1.82, 2.24) is 15.2 Å². The first kappa shape index (κ1) is 19.6. The van der Waals surface area contributed by atoms with E-state index < -0.39 is 0 Å². The standard InChI is InChI=1S/C23H25N3O2S/c1-28-20-10-4-2-8-17(20)19(26-14-6-7-15-26)16-24-22(27)12-13-23-25-18-9-3-5-11-21(18)29-23/h2-5,8-13,19H,6-7,14-16H2,1H3,(H,24,27)/b13-12+. The van der Waals surface area contributed by atoms with E-state index in [1.807, 2.05) is 42.5 Å². The highest BCUT2D eigenvalue weighted by molar-refractivity contribution is 7.19. The van der Waals surface area contributed by atoms with Gasteiger partial charge in [0.2, 0.25) is 5.91 Å². The Morgan fingerprint density at radius 1 is 1.21 bits per heavy atom. The summed E-state index contributed by atoms with van der Waals surface area (Å²) in [5.74, 6) is 0.756. The number of aromatic nitrogens is 1. The molecular weight excluding hydrogens is 382 g/mol. The number of ether oxygens (including phenoxy) is 1. The van der Waals surface area contributed by atoms with Crippen LogP contribution in [0.1, 0.15) is 29.5 Å². The average Bonchev–Trinajstić information content (AvgIpc) is 3.42. The fourth-order valence-corrected chi connectivity index (χ4v) is 4.67. The first-order valence-electron chi connectivity index (χ1n) is 9.93. The lowest BCUT2D eigenvalue weighted by atomic mass is 10.0. The molecule has 0 aliphatic carbocycles. The number of para-hydroxylation sites is 2. The second kappa shape index (κ2) is 9.20. The van der Waals surface area contributed by atoms with Crippen molar-refractivity contribution in [3.05, 3.63) is 65.2 Å². The van der Waals surface area contributed by atoms with Crippen molar-refractivity contribution in [2.75, 3.05) is 26.7 Å². The number of benzene rings is 2. The fraction of sp³-hybridized carbons (Fsp3) is 0.304. The van der Waals surface area contributed by atoms with Gasteiger partial charge in [-0.05, 0) is 50.2 Å². The minimum Gasteiger partial charge on any atom is -0.496 e. The summed E-state index contributed by atoms with van der Waals surface area (Å²) < 4.78 is 6.69. The molecule has 3 aromatic rings. The van der Waals surface area contributed by atoms with Crippen LogP contribution in [0.5, 0.6) is 5.75 Å². The van der Waals surface area contributed by atoms with Gasteiger partial charge in [-0.25, -0.2) is 4.98 Å². The number of nitrogens with one attached hydrogen (secondary N) is 1. The van der Waals surface area contributed by atoms with Gasteiger partial charge in [0, 0.05) is 18.2 Å². The molecule has 1 saturated heterocycles. The second-order valence-electron chi connectivity index (χ2n) is 7.10. The number of hydrogen-bond donors (Lipinski definition) is 1. The Morgan fingerprint density at radius 3 is 2.76 bits per heavy atom. The zero-order chi connectivity index (χ0) is 20.1. The van der Waals surface area contributed by atoms with Crippen molar-refractivity contribution >= 4 is 33.5 Å². The molecule has 2 aromatic carbocycles. The van der Waals surface area contributed by atoms with Gasteiger partial charge in [-0.3, -0.25) is 9.69 Å². The van der Waals surface area contributed by atoms with Crippen LogP contribution in [0.15, 0.2) is 54.6 Å². The number of carbonyl (C=O) groups is 1. The summed E-state index contributed by atoms with van der Waals surface area (Å²) in [7, 11) is 1.69. The maximum Gasteiger partial charge on any atom is 0.244 e. The van der Waals surface area contributed by atoms with Crippen LogP contribution in [0.4, 0.5) is 0 Å². The lowest BCUT2D eigenvalue weighted by Crippen LogP contribution is -2.36. The normalized spacial score (nSPS) is 15.8. The van der Waals surface area contributed by atoms with Crippen LogP contribution >= 0.6 is 11.3 Å². The molecule has 150 valence electrons. The number of methoxy groups -OCH3 is 1. The Morgan fingerprint density at radius 2 is 1.97 bits per heavy atom. The molecule has 1 amide bonds. The molecule has 0 radical (unpaired) electrons. The van der Waals surface area contributed by atoms with Crippen LogP contribution in [-0.4, -0.2) is 42.5 Å². The van der Waals surface area contributed by atoms with Gasteiger partial charge in [-0.1, -0.05) is 30.3 Å². The highest BCUT2D eigenvalue weighted by Crippen LogP contribution is 2.31. The van der Waals surface area contributed by atoms with Gasteiger partial charge in [0.25, 0.3) is 0 Å². The van der Waals surface area contributed by atoms with E-state index in [9.17, 15) is 4.79 Å². The molecular formula is C23H25N3O2S. The molecule has 2 heterocycles. The van der Waals surface area contributed by atoms with Crippen LogP contribution in [0.3, 0.4) is 0 Å². The molecule has 4 rings (SSSR count). The molecule has 29 heavy (non-hydrogen) atoms. The van der Waals surface area contributed by atoms with E-state index in [-0.39, 0.29) is 11.9 Å². The molecule has 1 atom stereocenters. The number of thiazole rings is 1. The molecule has 1 unspecified atom stereocenters. The minimum atomic E-state index is -0.108. The highest BCUT2D eigenvalue weighted by atomic mass is 32.1. The van der Waals surface area contributed by atoms with Gasteiger partial charge in [0.05, 0.1) is 23.4 Å². The van der Waals surface area contributed by atoms with E-state index >= 15 is 0 Å². The topological polar surface area (TPSA) is 54.5 Å². The summed E-state index contributed by atoms with van der Waals surface area (Å²) in [4.78, 5) is 19.4. The van der Waals surface area contributed by atoms with E-state index in [4.69, 9.17) is 4.74 Å². The highest BCUT2D eigenvalue weighted by Gasteiger charge is 2.26. The van der Waals surface area contributed by atoms with Crippen LogP contribution in [0, 0.1) is 0 Å². The quantitative estimate of drug-likeness (QED) is 0.594. The van der Waals surface area contributed by atoms with E-state index in [1.165, 1.54) is 12.8 Å². The number of fused-ring (bicyclic) bond motifs is 1. The lowest BCUT2D eigenvalue weighted by Gasteiger charge is -2.29. The Bertz CT molecular complexity index is 975. The zero-order valence-electron chi connectivity index (χ0n) is 16.5. The van der Waals surface area contributed by atoms with Crippen molar-refractivity contribution < 1.29 is 9.53 Å². The number of hydrogen-bond acceptors (Lipinski definition) is 5. The molecule has 0 spiro atoms. The minimum absolute atomic E-state index is 0.105. The van der Waals surface area contributed by atoms with Crippen LogP contribution in [0.2, 0.25) is 0 Å². The largest absolute Gasteiger partial charge is 0.496 e. The fourth-order valence-electron chi connectivity index (χ4n) is 3.80. The molecule has 1 fully saturated rings. The molecule has 1 aliphatic heterocycles. The third kappa shape index (κ3) is 4.66. The van der Waals surface area contributed by atoms with Gasteiger partial charge >= 0.3 is 0 Å². The maximum atomic E-state index is 12.5. The molecule has 6 heteroatoms. The smallest absolute Gasteiger partial charge is 0.244 e. The summed E-state index contributed by atoms with van der Waals surface area (Å²) in [5.41, 5.74) is 2.08. The SMILES string of the molecule is COc1ccccc1C(CNC(=O)/C=C/c1nc2ccccc2s1)N1CCCC1. The Labute approximate surface area is 175 Å². The van der Waals surface area contributed by atoms with E-state index in [2.05, 4.69) is 21.3 Å². The van der Waals surface area contributed by atoms with Gasteiger partial charge in [-0.2, -0.15) is 0 Å². The predicted octanol–water partition coefficient (Wildman–Crippen LogP) is 4.27. The summed E-state index contributed by atoms with van der Waals surface area (Å²) in [5, 5.41) is 3.90. The predicted molar refractivity (Wildman–Crippen MR) is 118 cm³/mol. The molecule has 0 bridgehead atoms. The molecule has 1 aliphatic rings. The zero-order valence-corrected chi connectivity index (χ0v) is 17.3. The molecule has 0 saturated carbocycles. The van der Waals surface area contributed by atoms with Gasteiger partial charge in [-0.15, -0.1) is 11.3 Å². The Kier molecular flexibility index (Phi) is 6.22. The van der Waals surface area contributed by atoms with Crippen molar-refractivity contribution in [3.63, 3.8) is 0 Å². The van der Waals surface area contributed by atoms with E-state index in [0.717, 1.165) is 39.6 Å². The van der Waals surface area contributed by atoms with E-state index in [1.54, 1.807) is 30.6 Å². The molecule has 1 aromatic heterocycles. The first-order chi connectivity index (χ1) is 14.2. The van der Waals surface area contributed by atoms with Crippen molar-refractivity contribution in [1.29, 1.82) is 0 Å². The average molecular weight is 408 g/mol. The second-order valence-corrected chi connectivity index (χ2v) is 8.16. The summed E-state index contributed by atoms with van der Waals surface area (Å²) in [6.07, 6.45) is 5.74. The van der Waals surface area contributed by atoms with Crippen LogP contribution in [0.25, 0.3) is 16.3 Å². The summed E-state index contributed by atoms with van der Waals surface area (Å²) >= 11 is 1.58. The number of nitrogens with zero attached hydrogens (tertiary/aromatic N) is 2. The lowest BCUT2D eigenvalue weighted by molar-refractivity contribution is -0.116. The third-order valence-electron chi connectivity index (χ3n) is 5.24. The molecule has 5 nitrogen and oxygen atoms in total. The number of carbonyl (C=O) groups excluding carboxylic acids is 1. The number of likely N-dealkylation sites (tertiary alicyclic amines) is 1. The van der Waals surface area contributed by atoms with Gasteiger partial charge in [0.1, 0.15) is 10.8 Å². The number of rotatable bonds is 7. The Balaban J connectivity index is 1.44. The van der Waals surface area contributed by atoms with Crippen molar-refractivity contribution in [2.45, 2.75) is 18.9 Å². The summed E-state index contributed by atoms with van der Waals surface area (Å²) in [6.45, 7) is 2.63. The summed E-state index contributed by atoms with van der Waals surface area (Å²) in [6, 6.07) is 16.2. The van der Waals surface area contributed by atoms with Crippen molar-refractivity contribution in [2.24, 2.45) is 0 Å². The Hall–Kier alpha value is -2.70. The van der Waals surface area contributed by atoms with E-state index in [0.29, 0.717) is 6.54 Å². The number of amides is 1. The third-order valence-corrected chi connectivity index (χ3v) is 6.24. The van der Waals surface area contributed by atoms with Crippen LogP contribution in [-0.2, 0) is 4.79 Å². The maximum absolute atomic E-state index is 12.5. The monoisotopic (exact) mass is 407 g/mol. The van der Waals surface area contributed by atoms with Gasteiger partial charge < -0.3 is 10.1 Å².